The second-order valence-corrected chi connectivity index (χ2v) is 6.49. The van der Waals surface area contributed by atoms with Crippen LogP contribution in [0, 0.1) is 13.8 Å². The van der Waals surface area contributed by atoms with Crippen molar-refractivity contribution in [3.8, 4) is 0 Å². The number of aryl methyl sites for hydroxylation is 2. The highest BCUT2D eigenvalue weighted by atomic mass is 32.1. The summed E-state index contributed by atoms with van der Waals surface area (Å²) in [6.07, 6.45) is -0.0355. The minimum atomic E-state index is -0.130. The van der Waals surface area contributed by atoms with Crippen molar-refractivity contribution in [2.45, 2.75) is 39.5 Å². The summed E-state index contributed by atoms with van der Waals surface area (Å²) in [7, 11) is 0. The molecule has 1 amide bonds. The van der Waals surface area contributed by atoms with Crippen molar-refractivity contribution < 1.29 is 4.79 Å². The highest BCUT2D eigenvalue weighted by Crippen LogP contribution is 2.29. The summed E-state index contributed by atoms with van der Waals surface area (Å²) >= 11 is 1.69. The van der Waals surface area contributed by atoms with Crippen molar-refractivity contribution in [1.29, 1.82) is 0 Å². The molecule has 1 aromatic heterocycles. The zero-order valence-electron chi connectivity index (χ0n) is 12.6. The van der Waals surface area contributed by atoms with E-state index < -0.39 is 0 Å². The first-order chi connectivity index (χ1) is 10.1. The molecule has 1 aromatic carbocycles. The van der Waals surface area contributed by atoms with Crippen LogP contribution in [0.25, 0.3) is 0 Å². The maximum Gasteiger partial charge on any atom is 0.241 e. The Morgan fingerprint density at radius 2 is 2.10 bits per heavy atom. The fraction of sp³-hybridized carbons (Fsp3) is 0.353. The molecule has 3 rings (SSSR count). The summed E-state index contributed by atoms with van der Waals surface area (Å²) in [5, 5.41) is 7.68. The highest BCUT2D eigenvalue weighted by molar-refractivity contribution is 7.08. The molecule has 2 heterocycles. The molecule has 1 saturated heterocycles. The van der Waals surface area contributed by atoms with E-state index in [1.165, 1.54) is 16.7 Å². The molecule has 1 N–H and O–H groups in total. The number of rotatable bonds is 3. The minimum Gasteiger partial charge on any atom is -0.317 e. The SMILES string of the molecule is Cc1cccc(C2NC(C)C(=O)N2Cc2cscc2C)c1. The molecule has 3 nitrogen and oxygen atoms in total. The lowest BCUT2D eigenvalue weighted by molar-refractivity contribution is -0.130. The lowest BCUT2D eigenvalue weighted by Gasteiger charge is -2.25. The van der Waals surface area contributed by atoms with Gasteiger partial charge in [0.05, 0.1) is 6.04 Å². The van der Waals surface area contributed by atoms with Gasteiger partial charge in [-0.25, -0.2) is 0 Å². The Labute approximate surface area is 129 Å². The molecule has 21 heavy (non-hydrogen) atoms. The van der Waals surface area contributed by atoms with E-state index in [0.717, 1.165) is 5.56 Å². The van der Waals surface area contributed by atoms with E-state index in [0.29, 0.717) is 6.54 Å². The van der Waals surface area contributed by atoms with E-state index in [4.69, 9.17) is 0 Å². The highest BCUT2D eigenvalue weighted by Gasteiger charge is 2.37. The monoisotopic (exact) mass is 300 g/mol. The number of carbonyl (C=O) groups is 1. The fourth-order valence-corrected chi connectivity index (χ4v) is 3.64. The van der Waals surface area contributed by atoms with Crippen molar-refractivity contribution >= 4 is 17.2 Å². The van der Waals surface area contributed by atoms with Gasteiger partial charge in [0.1, 0.15) is 6.17 Å². The first-order valence-corrected chi connectivity index (χ1v) is 8.15. The zero-order chi connectivity index (χ0) is 15.0. The van der Waals surface area contributed by atoms with Crippen LogP contribution in [0.3, 0.4) is 0 Å². The molecule has 0 aliphatic carbocycles. The molecule has 1 aliphatic heterocycles. The Kier molecular flexibility index (Phi) is 3.83. The average molecular weight is 300 g/mol. The lowest BCUT2D eigenvalue weighted by Crippen LogP contribution is -2.30. The second kappa shape index (κ2) is 5.62. The van der Waals surface area contributed by atoms with Crippen molar-refractivity contribution in [3.05, 3.63) is 57.3 Å². The summed E-state index contributed by atoms with van der Waals surface area (Å²) in [5.41, 5.74) is 4.87. The van der Waals surface area contributed by atoms with Gasteiger partial charge in [0.2, 0.25) is 5.91 Å². The van der Waals surface area contributed by atoms with Gasteiger partial charge < -0.3 is 4.90 Å². The van der Waals surface area contributed by atoms with Gasteiger partial charge in [-0.1, -0.05) is 29.8 Å². The van der Waals surface area contributed by atoms with Gasteiger partial charge in [-0.15, -0.1) is 0 Å². The molecule has 0 bridgehead atoms. The summed E-state index contributed by atoms with van der Waals surface area (Å²) in [4.78, 5) is 14.4. The molecular formula is C17H20N2OS. The summed E-state index contributed by atoms with van der Waals surface area (Å²) in [5.74, 6) is 0.173. The van der Waals surface area contributed by atoms with E-state index in [9.17, 15) is 4.79 Å². The van der Waals surface area contributed by atoms with Crippen molar-refractivity contribution in [1.82, 2.24) is 10.2 Å². The van der Waals surface area contributed by atoms with Crippen LogP contribution in [0.5, 0.6) is 0 Å². The maximum atomic E-state index is 12.5. The zero-order valence-corrected chi connectivity index (χ0v) is 13.4. The van der Waals surface area contributed by atoms with E-state index in [2.05, 4.69) is 48.1 Å². The van der Waals surface area contributed by atoms with Gasteiger partial charge in [-0.05, 0) is 48.2 Å². The van der Waals surface area contributed by atoms with E-state index in [-0.39, 0.29) is 18.1 Å². The summed E-state index contributed by atoms with van der Waals surface area (Å²) in [6.45, 7) is 6.79. The predicted octanol–water partition coefficient (Wildman–Crippen LogP) is 3.38. The molecule has 2 aromatic rings. The van der Waals surface area contributed by atoms with Crippen LogP contribution in [-0.2, 0) is 11.3 Å². The van der Waals surface area contributed by atoms with Gasteiger partial charge in [0.15, 0.2) is 0 Å². The van der Waals surface area contributed by atoms with Gasteiger partial charge in [0, 0.05) is 6.54 Å². The number of hydrogen-bond donors (Lipinski definition) is 1. The van der Waals surface area contributed by atoms with Crippen LogP contribution in [0.4, 0.5) is 0 Å². The molecule has 1 fully saturated rings. The number of thiophene rings is 1. The fourth-order valence-electron chi connectivity index (χ4n) is 2.79. The van der Waals surface area contributed by atoms with E-state index in [1.807, 2.05) is 17.9 Å². The molecule has 1 aliphatic rings. The van der Waals surface area contributed by atoms with Crippen LogP contribution < -0.4 is 5.32 Å². The average Bonchev–Trinajstić information content (AvgIpc) is 2.98. The maximum absolute atomic E-state index is 12.5. The van der Waals surface area contributed by atoms with E-state index in [1.54, 1.807) is 11.3 Å². The van der Waals surface area contributed by atoms with Gasteiger partial charge in [-0.2, -0.15) is 11.3 Å². The molecule has 2 atom stereocenters. The van der Waals surface area contributed by atoms with Crippen LogP contribution in [0.1, 0.15) is 35.3 Å². The minimum absolute atomic E-state index is 0.0355. The Morgan fingerprint density at radius 1 is 1.29 bits per heavy atom. The van der Waals surface area contributed by atoms with Gasteiger partial charge >= 0.3 is 0 Å². The Morgan fingerprint density at radius 3 is 2.76 bits per heavy atom. The quantitative estimate of drug-likeness (QED) is 0.942. The topological polar surface area (TPSA) is 32.3 Å². The molecule has 4 heteroatoms. The van der Waals surface area contributed by atoms with Gasteiger partial charge in [-0.3, -0.25) is 10.1 Å². The van der Waals surface area contributed by atoms with E-state index >= 15 is 0 Å². The summed E-state index contributed by atoms with van der Waals surface area (Å²) in [6, 6.07) is 8.24. The lowest BCUT2D eigenvalue weighted by atomic mass is 10.1. The molecule has 0 saturated carbocycles. The number of carbonyl (C=O) groups excluding carboxylic acids is 1. The third-order valence-corrected chi connectivity index (χ3v) is 4.94. The predicted molar refractivity (Wildman–Crippen MR) is 86.1 cm³/mol. The third kappa shape index (κ3) is 2.74. The Bertz CT molecular complexity index is 664. The second-order valence-electron chi connectivity index (χ2n) is 5.75. The first-order valence-electron chi connectivity index (χ1n) is 7.21. The summed E-state index contributed by atoms with van der Waals surface area (Å²) < 4.78 is 0. The number of benzene rings is 1. The van der Waals surface area contributed by atoms with Crippen molar-refractivity contribution in [2.75, 3.05) is 0 Å². The molecule has 0 radical (unpaired) electrons. The standard InChI is InChI=1S/C17H20N2OS/c1-11-5-4-6-14(7-11)16-18-13(3)17(20)19(16)8-15-10-21-9-12(15)2/h4-7,9-10,13,16,18H,8H2,1-3H3. The normalized spacial score (nSPS) is 22.0. The number of hydrogen-bond acceptors (Lipinski definition) is 3. The first kappa shape index (κ1) is 14.3. The molecule has 0 spiro atoms. The Balaban J connectivity index is 1.91. The van der Waals surface area contributed by atoms with Crippen LogP contribution >= 0.6 is 11.3 Å². The van der Waals surface area contributed by atoms with Crippen molar-refractivity contribution in [2.24, 2.45) is 0 Å². The molecule has 2 unspecified atom stereocenters. The molecular weight excluding hydrogens is 280 g/mol. The third-order valence-electron chi connectivity index (χ3n) is 4.03. The van der Waals surface area contributed by atoms with Crippen LogP contribution in [-0.4, -0.2) is 16.8 Å². The molecule has 110 valence electrons. The van der Waals surface area contributed by atoms with Crippen LogP contribution in [0.2, 0.25) is 0 Å². The van der Waals surface area contributed by atoms with Gasteiger partial charge in [0.25, 0.3) is 0 Å². The largest absolute Gasteiger partial charge is 0.317 e. The van der Waals surface area contributed by atoms with Crippen LogP contribution in [0.15, 0.2) is 35.0 Å². The smallest absolute Gasteiger partial charge is 0.241 e. The number of nitrogens with zero attached hydrogens (tertiary/aromatic N) is 1. The Hall–Kier alpha value is -1.65. The number of nitrogens with one attached hydrogen (secondary N) is 1. The van der Waals surface area contributed by atoms with Crippen molar-refractivity contribution in [3.63, 3.8) is 0 Å². The number of amides is 1.